The molecule has 2 fully saturated rings. The molecule has 3 atom stereocenters. The maximum absolute atomic E-state index is 13.0. The van der Waals surface area contributed by atoms with Crippen molar-refractivity contribution in [3.8, 4) is 0 Å². The highest BCUT2D eigenvalue weighted by Crippen LogP contribution is 2.38. The first-order chi connectivity index (χ1) is 11.1. The zero-order chi connectivity index (χ0) is 16.0. The lowest BCUT2D eigenvalue weighted by atomic mass is 9.79. The van der Waals surface area contributed by atoms with E-state index in [1.807, 2.05) is 30.5 Å². The molecule has 1 aliphatic heterocycles. The Labute approximate surface area is 137 Å². The summed E-state index contributed by atoms with van der Waals surface area (Å²) in [6.45, 7) is 1.86. The fraction of sp³-hybridized carbons (Fsp3) is 0.526. The number of rotatable bonds is 2. The summed E-state index contributed by atoms with van der Waals surface area (Å²) in [5, 5.41) is 1.04. The van der Waals surface area contributed by atoms with Crippen LogP contribution in [0.3, 0.4) is 0 Å². The van der Waals surface area contributed by atoms with Gasteiger partial charge in [0.2, 0.25) is 0 Å². The fourth-order valence-corrected chi connectivity index (χ4v) is 4.48. The number of aromatic nitrogens is 1. The van der Waals surface area contributed by atoms with Crippen LogP contribution in [0.5, 0.6) is 0 Å². The molecule has 1 saturated heterocycles. The first-order valence-electron chi connectivity index (χ1n) is 8.65. The van der Waals surface area contributed by atoms with E-state index >= 15 is 0 Å². The molecule has 0 spiro atoms. The summed E-state index contributed by atoms with van der Waals surface area (Å²) >= 11 is 0. The maximum atomic E-state index is 13.0. The van der Waals surface area contributed by atoms with E-state index in [2.05, 4.69) is 28.9 Å². The molecule has 23 heavy (non-hydrogen) atoms. The Morgan fingerprint density at radius 3 is 2.83 bits per heavy atom. The Morgan fingerprint density at radius 2 is 2.00 bits per heavy atom. The normalized spacial score (nSPS) is 27.6. The van der Waals surface area contributed by atoms with Crippen LogP contribution in [0.2, 0.25) is 0 Å². The lowest BCUT2D eigenvalue weighted by Gasteiger charge is -2.34. The van der Waals surface area contributed by atoms with Gasteiger partial charge >= 0.3 is 0 Å². The minimum Gasteiger partial charge on any atom is -0.361 e. The van der Waals surface area contributed by atoms with E-state index in [0.29, 0.717) is 17.9 Å². The second-order valence-corrected chi connectivity index (χ2v) is 7.41. The molecule has 4 nitrogen and oxygen atoms in total. The van der Waals surface area contributed by atoms with Crippen molar-refractivity contribution in [1.82, 2.24) is 14.8 Å². The maximum Gasteiger partial charge on any atom is 0.254 e. The van der Waals surface area contributed by atoms with E-state index in [9.17, 15) is 4.79 Å². The average Bonchev–Trinajstić information content (AvgIpc) is 3.19. The highest BCUT2D eigenvalue weighted by atomic mass is 16.2. The van der Waals surface area contributed by atoms with E-state index < -0.39 is 0 Å². The smallest absolute Gasteiger partial charge is 0.254 e. The van der Waals surface area contributed by atoms with Gasteiger partial charge in [-0.15, -0.1) is 0 Å². The van der Waals surface area contributed by atoms with Gasteiger partial charge in [-0.1, -0.05) is 6.07 Å². The lowest BCUT2D eigenvalue weighted by Crippen LogP contribution is -2.36. The molecule has 2 heterocycles. The van der Waals surface area contributed by atoms with Crippen molar-refractivity contribution >= 4 is 16.8 Å². The molecular weight excluding hydrogens is 286 g/mol. The van der Waals surface area contributed by atoms with Crippen LogP contribution in [-0.4, -0.2) is 53.9 Å². The molecule has 1 aliphatic carbocycles. The molecule has 1 aromatic carbocycles. The third-order valence-corrected chi connectivity index (χ3v) is 5.86. The Kier molecular flexibility index (Phi) is 3.64. The van der Waals surface area contributed by atoms with Gasteiger partial charge in [-0.3, -0.25) is 4.79 Å². The van der Waals surface area contributed by atoms with Crippen molar-refractivity contribution in [3.63, 3.8) is 0 Å². The second-order valence-electron chi connectivity index (χ2n) is 7.41. The molecule has 2 aliphatic rings. The number of H-pyrrole nitrogens is 1. The standard InChI is InChI=1S/C19H25N3O/c1-21(2)15-7-6-13-11-22(12-14(13)10-15)19(23)17-4-3-5-18-16(17)8-9-20-18/h3-5,8-9,13-15,20H,6-7,10-12H2,1-2H3. The molecule has 1 aromatic heterocycles. The van der Waals surface area contributed by atoms with Gasteiger partial charge in [0.25, 0.3) is 5.91 Å². The summed E-state index contributed by atoms with van der Waals surface area (Å²) in [4.78, 5) is 20.7. The summed E-state index contributed by atoms with van der Waals surface area (Å²) in [6, 6.07) is 8.64. The number of carbonyl (C=O) groups excluding carboxylic acids is 1. The van der Waals surface area contributed by atoms with Gasteiger partial charge in [-0.05, 0) is 63.4 Å². The van der Waals surface area contributed by atoms with Gasteiger partial charge in [-0.2, -0.15) is 0 Å². The van der Waals surface area contributed by atoms with Crippen molar-refractivity contribution in [3.05, 3.63) is 36.0 Å². The summed E-state index contributed by atoms with van der Waals surface area (Å²) < 4.78 is 0. The highest BCUT2D eigenvalue weighted by molar-refractivity contribution is 6.06. The lowest BCUT2D eigenvalue weighted by molar-refractivity contribution is 0.0785. The molecule has 3 unspecified atom stereocenters. The molecule has 122 valence electrons. The number of amides is 1. The molecule has 1 amide bonds. The van der Waals surface area contributed by atoms with Crippen LogP contribution in [0.1, 0.15) is 29.6 Å². The minimum absolute atomic E-state index is 0.200. The van der Waals surface area contributed by atoms with Crippen LogP contribution in [0.15, 0.2) is 30.5 Å². The van der Waals surface area contributed by atoms with Gasteiger partial charge in [-0.25, -0.2) is 0 Å². The first-order valence-corrected chi connectivity index (χ1v) is 8.65. The predicted molar refractivity (Wildman–Crippen MR) is 92.5 cm³/mol. The van der Waals surface area contributed by atoms with Gasteiger partial charge < -0.3 is 14.8 Å². The third kappa shape index (κ3) is 2.55. The van der Waals surface area contributed by atoms with Crippen LogP contribution in [0.25, 0.3) is 10.9 Å². The summed E-state index contributed by atoms with van der Waals surface area (Å²) in [7, 11) is 4.35. The van der Waals surface area contributed by atoms with Crippen molar-refractivity contribution in [2.45, 2.75) is 25.3 Å². The highest BCUT2D eigenvalue weighted by Gasteiger charge is 2.40. The van der Waals surface area contributed by atoms with Crippen molar-refractivity contribution in [2.75, 3.05) is 27.2 Å². The van der Waals surface area contributed by atoms with Crippen molar-refractivity contribution in [1.29, 1.82) is 0 Å². The quantitative estimate of drug-likeness (QED) is 0.926. The number of likely N-dealkylation sites (tertiary alicyclic amines) is 1. The minimum atomic E-state index is 0.200. The van der Waals surface area contributed by atoms with Gasteiger partial charge in [0.15, 0.2) is 0 Å². The molecule has 0 bridgehead atoms. The molecule has 1 saturated carbocycles. The molecule has 2 aromatic rings. The summed E-state index contributed by atoms with van der Waals surface area (Å²) in [6.07, 6.45) is 5.66. The molecular formula is C19H25N3O. The second kappa shape index (κ2) is 5.68. The Hall–Kier alpha value is -1.81. The monoisotopic (exact) mass is 311 g/mol. The van der Waals surface area contributed by atoms with Crippen molar-refractivity contribution in [2.24, 2.45) is 11.8 Å². The summed E-state index contributed by atoms with van der Waals surface area (Å²) in [5.41, 5.74) is 1.88. The number of carbonyl (C=O) groups is 1. The zero-order valence-corrected chi connectivity index (χ0v) is 14.0. The van der Waals surface area contributed by atoms with Crippen LogP contribution in [0.4, 0.5) is 0 Å². The van der Waals surface area contributed by atoms with Crippen molar-refractivity contribution < 1.29 is 4.79 Å². The van der Waals surface area contributed by atoms with Crippen LogP contribution < -0.4 is 0 Å². The zero-order valence-electron chi connectivity index (χ0n) is 14.0. The fourth-order valence-electron chi connectivity index (χ4n) is 4.48. The van der Waals surface area contributed by atoms with Crippen LogP contribution in [0, 0.1) is 11.8 Å². The van der Waals surface area contributed by atoms with E-state index in [4.69, 9.17) is 0 Å². The Bertz CT molecular complexity index is 720. The van der Waals surface area contributed by atoms with Crippen LogP contribution >= 0.6 is 0 Å². The average molecular weight is 311 g/mol. The summed E-state index contributed by atoms with van der Waals surface area (Å²) in [5.74, 6) is 1.57. The number of hydrogen-bond donors (Lipinski definition) is 1. The van der Waals surface area contributed by atoms with E-state index in [0.717, 1.165) is 29.6 Å². The number of hydrogen-bond acceptors (Lipinski definition) is 2. The third-order valence-electron chi connectivity index (χ3n) is 5.86. The van der Waals surface area contributed by atoms with E-state index in [-0.39, 0.29) is 5.91 Å². The van der Waals surface area contributed by atoms with Crippen LogP contribution in [-0.2, 0) is 0 Å². The molecule has 1 N–H and O–H groups in total. The number of benzene rings is 1. The number of nitrogens with one attached hydrogen (secondary N) is 1. The largest absolute Gasteiger partial charge is 0.361 e. The number of fused-ring (bicyclic) bond motifs is 2. The first kappa shape index (κ1) is 14.8. The topological polar surface area (TPSA) is 39.3 Å². The Balaban J connectivity index is 1.54. The Morgan fingerprint density at radius 1 is 1.17 bits per heavy atom. The van der Waals surface area contributed by atoms with E-state index in [1.165, 1.54) is 19.3 Å². The SMILES string of the molecule is CN(C)C1CCC2CN(C(=O)c3cccc4[nH]ccc34)CC2C1. The number of nitrogens with zero attached hydrogens (tertiary/aromatic N) is 2. The number of aromatic amines is 1. The van der Waals surface area contributed by atoms with Gasteiger partial charge in [0.1, 0.15) is 0 Å². The molecule has 4 heteroatoms. The van der Waals surface area contributed by atoms with E-state index in [1.54, 1.807) is 0 Å². The molecule has 0 radical (unpaired) electrons. The van der Waals surface area contributed by atoms with Gasteiger partial charge in [0, 0.05) is 41.8 Å². The molecule has 4 rings (SSSR count). The predicted octanol–water partition coefficient (Wildman–Crippen LogP) is 2.97. The van der Waals surface area contributed by atoms with Gasteiger partial charge in [0.05, 0.1) is 0 Å².